The van der Waals surface area contributed by atoms with E-state index >= 15 is 0 Å². The summed E-state index contributed by atoms with van der Waals surface area (Å²) in [6.45, 7) is 1.46. The van der Waals surface area contributed by atoms with Gasteiger partial charge in [0.1, 0.15) is 6.54 Å². The number of carbonyl (C=O) groups excluding carboxylic acids is 3. The first-order valence-corrected chi connectivity index (χ1v) is 8.33. The molecule has 2 aromatic carbocycles. The number of imide groups is 1. The van der Waals surface area contributed by atoms with E-state index in [1.54, 1.807) is 24.3 Å². The minimum atomic E-state index is -0.517. The lowest BCUT2D eigenvalue weighted by atomic mass is 10.1. The van der Waals surface area contributed by atoms with Gasteiger partial charge in [-0.2, -0.15) is 0 Å². The lowest BCUT2D eigenvalue weighted by Crippen LogP contribution is -2.41. The number of halogens is 2. The minimum absolute atomic E-state index is 0.219. The van der Waals surface area contributed by atoms with Crippen molar-refractivity contribution in [1.82, 2.24) is 10.2 Å². The maximum atomic E-state index is 12.3. The summed E-state index contributed by atoms with van der Waals surface area (Å²) in [5.41, 5.74) is 1.34. The summed E-state index contributed by atoms with van der Waals surface area (Å²) in [6.07, 6.45) is 0. The minimum Gasteiger partial charge on any atom is -0.348 e. The van der Waals surface area contributed by atoms with Gasteiger partial charge >= 0.3 is 0 Å². The van der Waals surface area contributed by atoms with E-state index in [0.29, 0.717) is 10.0 Å². The number of fused-ring (bicyclic) bond motifs is 1. The first-order chi connectivity index (χ1) is 11.9. The number of benzene rings is 2. The van der Waals surface area contributed by atoms with Crippen molar-refractivity contribution in [2.45, 2.75) is 13.0 Å². The van der Waals surface area contributed by atoms with Crippen molar-refractivity contribution in [1.29, 1.82) is 0 Å². The Kier molecular flexibility index (Phi) is 4.79. The van der Waals surface area contributed by atoms with Crippen LogP contribution in [0.2, 0.25) is 10.0 Å². The number of hydrogen-bond acceptors (Lipinski definition) is 3. The highest BCUT2D eigenvalue weighted by Crippen LogP contribution is 2.25. The molecular formula is C18H14Cl2N2O3. The molecule has 0 aliphatic carbocycles. The van der Waals surface area contributed by atoms with Crippen LogP contribution in [0.3, 0.4) is 0 Å². The second kappa shape index (κ2) is 6.86. The molecule has 1 aliphatic rings. The predicted octanol–water partition coefficient (Wildman–Crippen LogP) is 3.47. The van der Waals surface area contributed by atoms with Crippen LogP contribution in [0, 0.1) is 0 Å². The zero-order valence-corrected chi connectivity index (χ0v) is 14.8. The van der Waals surface area contributed by atoms with Crippen molar-refractivity contribution in [3.63, 3.8) is 0 Å². The molecule has 25 heavy (non-hydrogen) atoms. The molecule has 1 atom stereocenters. The monoisotopic (exact) mass is 376 g/mol. The van der Waals surface area contributed by atoms with Gasteiger partial charge in [-0.3, -0.25) is 19.3 Å². The van der Waals surface area contributed by atoms with Crippen molar-refractivity contribution in [2.24, 2.45) is 0 Å². The van der Waals surface area contributed by atoms with Gasteiger partial charge in [0.05, 0.1) is 17.2 Å². The molecule has 0 spiro atoms. The first kappa shape index (κ1) is 17.5. The van der Waals surface area contributed by atoms with Gasteiger partial charge in [0, 0.05) is 10.0 Å². The normalized spacial score (nSPS) is 14.4. The van der Waals surface area contributed by atoms with E-state index in [1.807, 2.05) is 6.92 Å². The molecule has 0 radical (unpaired) electrons. The highest BCUT2D eigenvalue weighted by atomic mass is 35.5. The van der Waals surface area contributed by atoms with E-state index < -0.39 is 17.7 Å². The summed E-state index contributed by atoms with van der Waals surface area (Å²) >= 11 is 11.7. The number of amides is 3. The maximum Gasteiger partial charge on any atom is 0.262 e. The molecule has 1 N–H and O–H groups in total. The van der Waals surface area contributed by atoms with Crippen molar-refractivity contribution in [2.75, 3.05) is 6.54 Å². The summed E-state index contributed by atoms with van der Waals surface area (Å²) in [6, 6.07) is 11.2. The molecule has 0 unspecified atom stereocenters. The molecule has 0 saturated heterocycles. The summed E-state index contributed by atoms with van der Waals surface area (Å²) in [5.74, 6) is -1.44. The number of nitrogens with zero attached hydrogens (tertiary/aromatic N) is 1. The van der Waals surface area contributed by atoms with Crippen molar-refractivity contribution in [3.05, 3.63) is 69.2 Å². The quantitative estimate of drug-likeness (QED) is 0.830. The molecule has 5 nitrogen and oxygen atoms in total. The number of carbonyl (C=O) groups is 3. The van der Waals surface area contributed by atoms with Crippen LogP contribution in [-0.2, 0) is 4.79 Å². The van der Waals surface area contributed by atoms with Crippen LogP contribution in [0.25, 0.3) is 0 Å². The molecule has 2 aromatic rings. The molecule has 1 heterocycles. The lowest BCUT2D eigenvalue weighted by molar-refractivity contribution is -0.122. The third-order valence-electron chi connectivity index (χ3n) is 3.98. The van der Waals surface area contributed by atoms with Crippen molar-refractivity contribution < 1.29 is 14.4 Å². The van der Waals surface area contributed by atoms with Gasteiger partial charge in [-0.1, -0.05) is 35.3 Å². The molecule has 0 bridgehead atoms. The van der Waals surface area contributed by atoms with Crippen LogP contribution in [0.15, 0.2) is 42.5 Å². The van der Waals surface area contributed by atoms with Gasteiger partial charge in [0.15, 0.2) is 0 Å². The van der Waals surface area contributed by atoms with E-state index in [1.165, 1.54) is 18.2 Å². The van der Waals surface area contributed by atoms with Crippen molar-refractivity contribution in [3.8, 4) is 0 Å². The zero-order valence-electron chi connectivity index (χ0n) is 13.3. The van der Waals surface area contributed by atoms with E-state index in [9.17, 15) is 14.4 Å². The second-order valence-corrected chi connectivity index (χ2v) is 6.60. The topological polar surface area (TPSA) is 66.5 Å². The highest BCUT2D eigenvalue weighted by Gasteiger charge is 2.36. The Morgan fingerprint density at radius 3 is 2.28 bits per heavy atom. The van der Waals surface area contributed by atoms with Crippen LogP contribution in [0.5, 0.6) is 0 Å². The van der Waals surface area contributed by atoms with E-state index in [4.69, 9.17) is 23.2 Å². The van der Waals surface area contributed by atoms with E-state index in [0.717, 1.165) is 10.5 Å². The third kappa shape index (κ3) is 3.52. The average molecular weight is 377 g/mol. The molecule has 0 aromatic heterocycles. The molecule has 0 saturated carbocycles. The Morgan fingerprint density at radius 2 is 1.60 bits per heavy atom. The molecular weight excluding hydrogens is 363 g/mol. The Labute approximate surface area is 154 Å². The molecule has 3 amide bonds. The van der Waals surface area contributed by atoms with Crippen LogP contribution >= 0.6 is 23.2 Å². The fourth-order valence-corrected chi connectivity index (χ4v) is 2.97. The lowest BCUT2D eigenvalue weighted by Gasteiger charge is -2.18. The van der Waals surface area contributed by atoms with Gasteiger partial charge in [-0.25, -0.2) is 0 Å². The van der Waals surface area contributed by atoms with Crippen LogP contribution < -0.4 is 5.32 Å². The Bertz CT molecular complexity index is 865. The largest absolute Gasteiger partial charge is 0.348 e. The van der Waals surface area contributed by atoms with E-state index in [2.05, 4.69) is 5.32 Å². The number of hydrogen-bond donors (Lipinski definition) is 1. The fraction of sp³-hybridized carbons (Fsp3) is 0.167. The first-order valence-electron chi connectivity index (χ1n) is 7.57. The zero-order chi connectivity index (χ0) is 18.1. The summed E-state index contributed by atoms with van der Waals surface area (Å²) < 4.78 is 0. The van der Waals surface area contributed by atoms with Crippen molar-refractivity contribution >= 4 is 40.9 Å². The average Bonchev–Trinajstić information content (AvgIpc) is 2.80. The van der Waals surface area contributed by atoms with Crippen LogP contribution in [0.1, 0.15) is 39.2 Å². The molecule has 3 rings (SSSR count). The third-order valence-corrected chi connectivity index (χ3v) is 4.47. The van der Waals surface area contributed by atoms with Gasteiger partial charge in [-0.15, -0.1) is 0 Å². The van der Waals surface area contributed by atoms with Crippen LogP contribution in [0.4, 0.5) is 0 Å². The van der Waals surface area contributed by atoms with Gasteiger partial charge in [0.25, 0.3) is 11.8 Å². The Hall–Kier alpha value is -2.37. The smallest absolute Gasteiger partial charge is 0.262 e. The predicted molar refractivity (Wildman–Crippen MR) is 94.8 cm³/mol. The fourth-order valence-electron chi connectivity index (χ4n) is 2.67. The standard InChI is InChI=1S/C18H14Cl2N2O3/c1-10(11-2-4-12(19)5-3-11)21-16(23)9-22-17(24)14-7-6-13(20)8-15(14)18(22)25/h2-8,10H,9H2,1H3,(H,21,23)/t10-/m0/s1. The van der Waals surface area contributed by atoms with Crippen LogP contribution in [-0.4, -0.2) is 29.2 Å². The van der Waals surface area contributed by atoms with Gasteiger partial charge in [0.2, 0.25) is 5.91 Å². The molecule has 1 aliphatic heterocycles. The summed E-state index contributed by atoms with van der Waals surface area (Å²) in [5, 5.41) is 3.73. The summed E-state index contributed by atoms with van der Waals surface area (Å²) in [4.78, 5) is 37.8. The number of rotatable bonds is 4. The highest BCUT2D eigenvalue weighted by molar-refractivity contribution is 6.32. The number of nitrogens with one attached hydrogen (secondary N) is 1. The van der Waals surface area contributed by atoms with Gasteiger partial charge < -0.3 is 5.32 Å². The Balaban J connectivity index is 1.68. The second-order valence-electron chi connectivity index (χ2n) is 5.73. The molecule has 7 heteroatoms. The summed E-state index contributed by atoms with van der Waals surface area (Å²) in [7, 11) is 0. The molecule has 0 fully saturated rings. The Morgan fingerprint density at radius 1 is 1.00 bits per heavy atom. The van der Waals surface area contributed by atoms with Gasteiger partial charge in [-0.05, 0) is 42.8 Å². The maximum absolute atomic E-state index is 12.3. The molecule has 128 valence electrons. The van der Waals surface area contributed by atoms with E-state index in [-0.39, 0.29) is 23.7 Å². The SMILES string of the molecule is C[C@H](NC(=O)CN1C(=O)c2ccc(Cl)cc2C1=O)c1ccc(Cl)cc1.